The van der Waals surface area contributed by atoms with Crippen molar-refractivity contribution in [2.45, 2.75) is 19.8 Å². The number of aromatic nitrogens is 1. The lowest BCUT2D eigenvalue weighted by atomic mass is 9.78. The standard InChI is InChI=1S/C26H24N2O6S/c1-13-21(25(31)33-3)23(22(14(2)27-13)26(32)34-4)16-7-5-6-8-17(16)24-28-18(12-35-24)15-9-10-19(29)20(30)11-15/h5-12,23,27,29-30H,1-4H3. The minimum Gasteiger partial charge on any atom is -0.504 e. The lowest BCUT2D eigenvalue weighted by Crippen LogP contribution is -2.32. The number of dihydropyridines is 1. The molecule has 180 valence electrons. The Morgan fingerprint density at radius 3 is 2.17 bits per heavy atom. The second kappa shape index (κ2) is 9.63. The Morgan fingerprint density at radius 2 is 1.57 bits per heavy atom. The number of nitrogens with one attached hydrogen (secondary N) is 1. The normalized spacial score (nSPS) is 14.1. The van der Waals surface area contributed by atoms with Gasteiger partial charge in [-0.1, -0.05) is 24.3 Å². The molecule has 3 N–H and O–H groups in total. The summed E-state index contributed by atoms with van der Waals surface area (Å²) in [6.45, 7) is 3.52. The predicted octanol–water partition coefficient (Wildman–Crippen LogP) is 4.47. The van der Waals surface area contributed by atoms with Crippen LogP contribution < -0.4 is 5.32 Å². The van der Waals surface area contributed by atoms with Crippen molar-refractivity contribution in [3.8, 4) is 33.3 Å². The van der Waals surface area contributed by atoms with Crippen LogP contribution in [0.4, 0.5) is 0 Å². The highest BCUT2D eigenvalue weighted by Gasteiger charge is 2.38. The smallest absolute Gasteiger partial charge is 0.336 e. The van der Waals surface area contributed by atoms with Gasteiger partial charge >= 0.3 is 11.9 Å². The second-order valence-electron chi connectivity index (χ2n) is 7.95. The first kappa shape index (κ1) is 24.0. The zero-order valence-electron chi connectivity index (χ0n) is 19.6. The van der Waals surface area contributed by atoms with Gasteiger partial charge in [0, 0.05) is 27.9 Å². The van der Waals surface area contributed by atoms with Crippen LogP contribution in [0, 0.1) is 0 Å². The van der Waals surface area contributed by atoms with Gasteiger partial charge in [0.05, 0.1) is 37.0 Å². The van der Waals surface area contributed by atoms with E-state index < -0.39 is 17.9 Å². The van der Waals surface area contributed by atoms with Gasteiger partial charge in [0.25, 0.3) is 0 Å². The summed E-state index contributed by atoms with van der Waals surface area (Å²) >= 11 is 1.38. The van der Waals surface area contributed by atoms with Crippen molar-refractivity contribution < 1.29 is 29.3 Å². The number of benzene rings is 2. The molecule has 8 nitrogen and oxygen atoms in total. The molecule has 0 unspecified atom stereocenters. The van der Waals surface area contributed by atoms with Gasteiger partial charge in [-0.3, -0.25) is 0 Å². The van der Waals surface area contributed by atoms with Crippen LogP contribution in [-0.2, 0) is 19.1 Å². The van der Waals surface area contributed by atoms with Crippen LogP contribution in [0.5, 0.6) is 11.5 Å². The number of allylic oxidation sites excluding steroid dienone is 2. The molecule has 0 bridgehead atoms. The van der Waals surface area contributed by atoms with Crippen molar-refractivity contribution >= 4 is 23.3 Å². The first-order chi connectivity index (χ1) is 16.8. The van der Waals surface area contributed by atoms with Gasteiger partial charge in [0.1, 0.15) is 5.01 Å². The van der Waals surface area contributed by atoms with Crippen LogP contribution in [0.2, 0.25) is 0 Å². The minimum absolute atomic E-state index is 0.213. The van der Waals surface area contributed by atoms with Gasteiger partial charge in [0.2, 0.25) is 0 Å². The molecule has 0 fully saturated rings. The van der Waals surface area contributed by atoms with E-state index in [1.165, 1.54) is 37.7 Å². The molecule has 2 heterocycles. The number of carbonyl (C=O) groups excluding carboxylic acids is 2. The van der Waals surface area contributed by atoms with Crippen LogP contribution in [-0.4, -0.2) is 41.4 Å². The summed E-state index contributed by atoms with van der Waals surface area (Å²) in [5.74, 6) is -2.29. The molecule has 0 amide bonds. The van der Waals surface area contributed by atoms with Crippen LogP contribution in [0.1, 0.15) is 25.3 Å². The Morgan fingerprint density at radius 1 is 0.943 bits per heavy atom. The average molecular weight is 493 g/mol. The lowest BCUT2D eigenvalue weighted by Gasteiger charge is -2.31. The molecule has 0 saturated carbocycles. The maximum absolute atomic E-state index is 12.9. The molecule has 1 aromatic heterocycles. The van der Waals surface area contributed by atoms with Gasteiger partial charge < -0.3 is 25.0 Å². The van der Waals surface area contributed by atoms with Crippen molar-refractivity contribution in [1.29, 1.82) is 0 Å². The number of methoxy groups -OCH3 is 2. The van der Waals surface area contributed by atoms with E-state index in [1.54, 1.807) is 19.9 Å². The average Bonchev–Trinajstić information content (AvgIpc) is 3.34. The monoisotopic (exact) mass is 492 g/mol. The molecule has 1 aliphatic heterocycles. The third-order valence-electron chi connectivity index (χ3n) is 5.85. The van der Waals surface area contributed by atoms with E-state index in [0.717, 1.165) is 5.56 Å². The number of phenolic OH excluding ortho intramolecular Hbond substituents is 2. The SMILES string of the molecule is COC(=O)C1=C(C)NC(C)=C(C(=O)OC)C1c1ccccc1-c1nc(-c2ccc(O)c(O)c2)cs1. The first-order valence-electron chi connectivity index (χ1n) is 10.7. The molecular weight excluding hydrogens is 468 g/mol. The highest BCUT2D eigenvalue weighted by Crippen LogP contribution is 2.44. The highest BCUT2D eigenvalue weighted by atomic mass is 32.1. The summed E-state index contributed by atoms with van der Waals surface area (Å²) in [7, 11) is 2.60. The number of hydrogen-bond acceptors (Lipinski definition) is 9. The molecule has 2 aromatic carbocycles. The quantitative estimate of drug-likeness (QED) is 0.353. The fourth-order valence-electron chi connectivity index (χ4n) is 4.22. The number of ether oxygens (including phenoxy) is 2. The number of aromatic hydroxyl groups is 2. The zero-order valence-corrected chi connectivity index (χ0v) is 20.4. The van der Waals surface area contributed by atoms with Crippen LogP contribution >= 0.6 is 11.3 Å². The molecule has 0 atom stereocenters. The largest absolute Gasteiger partial charge is 0.504 e. The van der Waals surface area contributed by atoms with E-state index in [0.29, 0.717) is 44.4 Å². The molecule has 1 aliphatic rings. The number of esters is 2. The Labute approximate surface area is 206 Å². The van der Waals surface area contributed by atoms with E-state index in [9.17, 15) is 19.8 Å². The Kier molecular flexibility index (Phi) is 6.61. The van der Waals surface area contributed by atoms with Crippen molar-refractivity contribution in [2.75, 3.05) is 14.2 Å². The lowest BCUT2D eigenvalue weighted by molar-refractivity contribution is -0.137. The van der Waals surface area contributed by atoms with Gasteiger partial charge in [-0.05, 0) is 37.6 Å². The molecule has 3 aromatic rings. The third kappa shape index (κ3) is 4.38. The summed E-state index contributed by atoms with van der Waals surface area (Å²) < 4.78 is 10.1. The molecule has 9 heteroatoms. The minimum atomic E-state index is -0.739. The fourth-order valence-corrected chi connectivity index (χ4v) is 5.10. The predicted molar refractivity (Wildman–Crippen MR) is 132 cm³/mol. The molecule has 35 heavy (non-hydrogen) atoms. The van der Waals surface area contributed by atoms with Crippen molar-refractivity contribution in [3.05, 3.63) is 75.9 Å². The Balaban J connectivity index is 1.89. The van der Waals surface area contributed by atoms with Crippen molar-refractivity contribution in [1.82, 2.24) is 10.3 Å². The zero-order chi connectivity index (χ0) is 25.3. The fraction of sp³-hybridized carbons (Fsp3) is 0.192. The molecule has 4 rings (SSSR count). The van der Waals surface area contributed by atoms with E-state index in [2.05, 4.69) is 5.32 Å². The number of rotatable bonds is 5. The van der Waals surface area contributed by atoms with Gasteiger partial charge in [-0.2, -0.15) is 0 Å². The van der Waals surface area contributed by atoms with E-state index >= 15 is 0 Å². The second-order valence-corrected chi connectivity index (χ2v) is 8.81. The van der Waals surface area contributed by atoms with Crippen LogP contribution in [0.25, 0.3) is 21.8 Å². The molecule has 0 spiro atoms. The Hall–Kier alpha value is -4.11. The Bertz CT molecular complexity index is 1350. The van der Waals surface area contributed by atoms with Crippen molar-refractivity contribution in [3.63, 3.8) is 0 Å². The summed E-state index contributed by atoms with van der Waals surface area (Å²) in [6.07, 6.45) is 0. The van der Waals surface area contributed by atoms with E-state index in [4.69, 9.17) is 14.5 Å². The summed E-state index contributed by atoms with van der Waals surface area (Å²) in [5.41, 5.74) is 4.48. The van der Waals surface area contributed by atoms with Gasteiger partial charge in [-0.15, -0.1) is 11.3 Å². The van der Waals surface area contributed by atoms with Gasteiger partial charge in [0.15, 0.2) is 11.5 Å². The summed E-state index contributed by atoms with van der Waals surface area (Å²) in [6, 6.07) is 11.9. The van der Waals surface area contributed by atoms with Crippen LogP contribution in [0.3, 0.4) is 0 Å². The van der Waals surface area contributed by atoms with E-state index in [1.807, 2.05) is 29.6 Å². The summed E-state index contributed by atoms with van der Waals surface area (Å²) in [5, 5.41) is 25.1. The maximum atomic E-state index is 12.9. The molecule has 0 aliphatic carbocycles. The molecule has 0 radical (unpaired) electrons. The number of thiazole rings is 1. The third-order valence-corrected chi connectivity index (χ3v) is 6.72. The first-order valence-corrected chi connectivity index (χ1v) is 11.6. The summed E-state index contributed by atoms with van der Waals surface area (Å²) in [4.78, 5) is 30.5. The van der Waals surface area contributed by atoms with E-state index in [-0.39, 0.29) is 11.5 Å². The number of phenols is 2. The van der Waals surface area contributed by atoms with Crippen molar-refractivity contribution in [2.24, 2.45) is 0 Å². The number of nitrogens with zero attached hydrogens (tertiary/aromatic N) is 1. The highest BCUT2D eigenvalue weighted by molar-refractivity contribution is 7.13. The number of hydrogen-bond donors (Lipinski definition) is 3. The maximum Gasteiger partial charge on any atom is 0.336 e. The van der Waals surface area contributed by atoms with Crippen LogP contribution in [0.15, 0.2) is 70.4 Å². The molecule has 0 saturated heterocycles. The molecular formula is C26H24N2O6S. The number of carbonyl (C=O) groups is 2. The topological polar surface area (TPSA) is 118 Å². The van der Waals surface area contributed by atoms with Gasteiger partial charge in [-0.25, -0.2) is 14.6 Å².